The topological polar surface area (TPSA) is 63.1 Å². The van der Waals surface area contributed by atoms with Crippen LogP contribution in [0.5, 0.6) is 0 Å². The van der Waals surface area contributed by atoms with E-state index in [9.17, 15) is 4.79 Å². The van der Waals surface area contributed by atoms with Gasteiger partial charge in [-0.05, 0) is 25.0 Å². The summed E-state index contributed by atoms with van der Waals surface area (Å²) in [6, 6.07) is 9.71. The molecule has 1 N–H and O–H groups in total. The van der Waals surface area contributed by atoms with E-state index >= 15 is 0 Å². The van der Waals surface area contributed by atoms with Gasteiger partial charge in [-0.1, -0.05) is 29.8 Å². The third-order valence-corrected chi connectivity index (χ3v) is 5.31. The maximum Gasteiger partial charge on any atom is 0.269 e. The number of carbonyl (C=O) groups is 1. The lowest BCUT2D eigenvalue weighted by atomic mass is 10.1. The number of hydrogen-bond acceptors (Lipinski definition) is 4. The number of halogens is 1. The summed E-state index contributed by atoms with van der Waals surface area (Å²) >= 11 is 6.47. The molecule has 1 saturated heterocycles. The van der Waals surface area contributed by atoms with Crippen LogP contribution in [0.2, 0.25) is 5.02 Å². The predicted octanol–water partition coefficient (Wildman–Crippen LogP) is 3.02. The Bertz CT molecular complexity index is 893. The van der Waals surface area contributed by atoms with Crippen LogP contribution in [0.4, 0.5) is 5.95 Å². The molecular weight excluding hydrogens is 350 g/mol. The molecule has 2 aromatic heterocycles. The highest BCUT2D eigenvalue weighted by Gasteiger charge is 2.25. The second-order valence-electron chi connectivity index (χ2n) is 6.52. The van der Waals surface area contributed by atoms with E-state index in [0.29, 0.717) is 10.7 Å². The van der Waals surface area contributed by atoms with Crippen LogP contribution < -0.4 is 10.2 Å². The Labute approximate surface area is 156 Å². The van der Waals surface area contributed by atoms with Crippen LogP contribution in [0.3, 0.4) is 0 Å². The van der Waals surface area contributed by atoms with Crippen LogP contribution in [-0.2, 0) is 7.05 Å². The zero-order valence-electron chi connectivity index (χ0n) is 14.5. The van der Waals surface area contributed by atoms with Gasteiger partial charge in [-0.15, -0.1) is 0 Å². The molecule has 1 aliphatic heterocycles. The Kier molecular flexibility index (Phi) is 4.51. The number of para-hydroxylation sites is 1. The molecule has 0 unspecified atom stereocenters. The first-order chi connectivity index (χ1) is 12.6. The van der Waals surface area contributed by atoms with E-state index < -0.39 is 0 Å². The number of rotatable bonds is 3. The number of carbonyl (C=O) groups excluding carboxylic acids is 1. The fraction of sp³-hybridized carbons (Fsp3) is 0.316. The molecule has 4 rings (SSSR count). The van der Waals surface area contributed by atoms with Gasteiger partial charge in [0.2, 0.25) is 5.95 Å². The first kappa shape index (κ1) is 16.8. The third kappa shape index (κ3) is 3.01. The van der Waals surface area contributed by atoms with Crippen LogP contribution in [0.1, 0.15) is 23.3 Å². The summed E-state index contributed by atoms with van der Waals surface area (Å²) in [5.41, 5.74) is 1.47. The van der Waals surface area contributed by atoms with Crippen LogP contribution in [0, 0.1) is 0 Å². The minimum Gasteiger partial charge on any atom is -0.348 e. The summed E-state index contributed by atoms with van der Waals surface area (Å²) in [6.45, 7) is 1.63. The van der Waals surface area contributed by atoms with Crippen molar-refractivity contribution in [3.63, 3.8) is 0 Å². The standard InChI is InChI=1S/C19H20ClN5O/c1-24-15-6-3-2-5-14(15)16(20)17(24)18(26)23-13-7-11-25(12-8-13)19-21-9-4-10-22-19/h2-6,9-10,13H,7-8,11-12H2,1H3,(H,23,26). The summed E-state index contributed by atoms with van der Waals surface area (Å²) in [5.74, 6) is 0.622. The van der Waals surface area contributed by atoms with Gasteiger partial charge in [0.15, 0.2) is 0 Å². The van der Waals surface area contributed by atoms with E-state index in [0.717, 1.165) is 42.8 Å². The Hall–Kier alpha value is -2.60. The normalized spacial score (nSPS) is 15.4. The maximum atomic E-state index is 12.8. The van der Waals surface area contributed by atoms with Crippen molar-refractivity contribution in [2.45, 2.75) is 18.9 Å². The number of fused-ring (bicyclic) bond motifs is 1. The summed E-state index contributed by atoms with van der Waals surface area (Å²) in [6.07, 6.45) is 5.20. The molecule has 0 saturated carbocycles. The molecule has 0 spiro atoms. The predicted molar refractivity (Wildman–Crippen MR) is 103 cm³/mol. The molecule has 1 aliphatic rings. The van der Waals surface area contributed by atoms with E-state index in [1.54, 1.807) is 12.4 Å². The van der Waals surface area contributed by atoms with Crippen LogP contribution in [0.15, 0.2) is 42.7 Å². The summed E-state index contributed by atoms with van der Waals surface area (Å²) in [7, 11) is 1.87. The highest BCUT2D eigenvalue weighted by Crippen LogP contribution is 2.30. The number of hydrogen-bond donors (Lipinski definition) is 1. The fourth-order valence-electron chi connectivity index (χ4n) is 3.53. The average molecular weight is 370 g/mol. The minimum absolute atomic E-state index is 0.122. The van der Waals surface area contributed by atoms with Crippen molar-refractivity contribution in [2.24, 2.45) is 7.05 Å². The van der Waals surface area contributed by atoms with Crippen molar-refractivity contribution < 1.29 is 4.79 Å². The quantitative estimate of drug-likeness (QED) is 0.770. The number of aryl methyl sites for hydroxylation is 1. The van der Waals surface area contributed by atoms with E-state index in [4.69, 9.17) is 11.6 Å². The number of amides is 1. The van der Waals surface area contributed by atoms with Gasteiger partial charge in [-0.2, -0.15) is 0 Å². The number of nitrogens with one attached hydrogen (secondary N) is 1. The van der Waals surface area contributed by atoms with Crippen molar-refractivity contribution in [3.05, 3.63) is 53.4 Å². The lowest BCUT2D eigenvalue weighted by molar-refractivity contribution is 0.0923. The summed E-state index contributed by atoms with van der Waals surface area (Å²) in [5, 5.41) is 4.55. The summed E-state index contributed by atoms with van der Waals surface area (Å²) < 4.78 is 1.86. The molecule has 26 heavy (non-hydrogen) atoms. The number of piperidine rings is 1. The van der Waals surface area contributed by atoms with E-state index in [1.165, 1.54) is 0 Å². The van der Waals surface area contributed by atoms with Gasteiger partial charge in [0, 0.05) is 49.5 Å². The van der Waals surface area contributed by atoms with E-state index in [-0.39, 0.29) is 11.9 Å². The van der Waals surface area contributed by atoms with Gasteiger partial charge in [0.1, 0.15) is 5.69 Å². The van der Waals surface area contributed by atoms with Gasteiger partial charge in [0.25, 0.3) is 5.91 Å². The monoisotopic (exact) mass is 369 g/mol. The second-order valence-corrected chi connectivity index (χ2v) is 6.90. The molecule has 7 heteroatoms. The molecule has 0 atom stereocenters. The first-order valence-electron chi connectivity index (χ1n) is 8.71. The SMILES string of the molecule is Cn1c(C(=O)NC2CCN(c3ncccn3)CC2)c(Cl)c2ccccc21. The Morgan fingerprint density at radius 2 is 1.85 bits per heavy atom. The first-order valence-corrected chi connectivity index (χ1v) is 9.08. The lowest BCUT2D eigenvalue weighted by Gasteiger charge is -2.32. The molecule has 6 nitrogen and oxygen atoms in total. The molecule has 134 valence electrons. The van der Waals surface area contributed by atoms with Crippen molar-refractivity contribution in [1.29, 1.82) is 0 Å². The van der Waals surface area contributed by atoms with Crippen molar-refractivity contribution in [2.75, 3.05) is 18.0 Å². The number of anilines is 1. The van der Waals surface area contributed by atoms with Gasteiger partial charge in [-0.3, -0.25) is 4.79 Å². The van der Waals surface area contributed by atoms with Crippen molar-refractivity contribution in [1.82, 2.24) is 19.9 Å². The van der Waals surface area contributed by atoms with E-state index in [2.05, 4.69) is 20.2 Å². The smallest absolute Gasteiger partial charge is 0.269 e. The molecule has 0 radical (unpaired) electrons. The molecule has 3 heterocycles. The third-order valence-electron chi connectivity index (χ3n) is 4.93. The lowest BCUT2D eigenvalue weighted by Crippen LogP contribution is -2.45. The molecule has 1 aromatic carbocycles. The molecule has 0 bridgehead atoms. The molecular formula is C19H20ClN5O. The van der Waals surface area contributed by atoms with Crippen molar-refractivity contribution in [3.8, 4) is 0 Å². The highest BCUT2D eigenvalue weighted by atomic mass is 35.5. The Morgan fingerprint density at radius 3 is 2.54 bits per heavy atom. The number of benzene rings is 1. The molecule has 0 aliphatic carbocycles. The van der Waals surface area contributed by atoms with Gasteiger partial charge in [-0.25, -0.2) is 9.97 Å². The van der Waals surface area contributed by atoms with Gasteiger partial charge in [0.05, 0.1) is 5.02 Å². The van der Waals surface area contributed by atoms with Gasteiger partial charge < -0.3 is 14.8 Å². The minimum atomic E-state index is -0.122. The van der Waals surface area contributed by atoms with Crippen LogP contribution >= 0.6 is 11.6 Å². The van der Waals surface area contributed by atoms with Gasteiger partial charge >= 0.3 is 0 Å². The maximum absolute atomic E-state index is 12.8. The number of aromatic nitrogens is 3. The molecule has 1 fully saturated rings. The zero-order chi connectivity index (χ0) is 18.1. The Balaban J connectivity index is 1.45. The van der Waals surface area contributed by atoms with E-state index in [1.807, 2.05) is 41.9 Å². The van der Waals surface area contributed by atoms with Crippen LogP contribution in [0.25, 0.3) is 10.9 Å². The highest BCUT2D eigenvalue weighted by molar-refractivity contribution is 6.38. The molecule has 3 aromatic rings. The number of nitrogens with zero attached hydrogens (tertiary/aromatic N) is 4. The fourth-order valence-corrected chi connectivity index (χ4v) is 3.90. The molecule has 1 amide bonds. The Morgan fingerprint density at radius 1 is 1.15 bits per heavy atom. The average Bonchev–Trinajstić information content (AvgIpc) is 2.94. The largest absolute Gasteiger partial charge is 0.348 e. The summed E-state index contributed by atoms with van der Waals surface area (Å²) in [4.78, 5) is 23.5. The van der Waals surface area contributed by atoms with Crippen molar-refractivity contribution >= 4 is 34.4 Å². The second kappa shape index (κ2) is 6.96. The van der Waals surface area contributed by atoms with Crippen LogP contribution in [-0.4, -0.2) is 39.6 Å². The zero-order valence-corrected chi connectivity index (χ0v) is 15.3.